The molecular formula is C25H26FN5O4S. The summed E-state index contributed by atoms with van der Waals surface area (Å²) in [7, 11) is 3.23. The number of nitrogens with one attached hydrogen (secondary N) is 2. The molecule has 36 heavy (non-hydrogen) atoms. The summed E-state index contributed by atoms with van der Waals surface area (Å²) in [6.07, 6.45) is 4.28. The van der Waals surface area contributed by atoms with Gasteiger partial charge in [-0.2, -0.15) is 5.10 Å². The van der Waals surface area contributed by atoms with Crippen LogP contribution in [0.3, 0.4) is 0 Å². The Morgan fingerprint density at radius 2 is 1.97 bits per heavy atom. The minimum atomic E-state index is -1.03. The Morgan fingerprint density at radius 1 is 1.17 bits per heavy atom. The van der Waals surface area contributed by atoms with Crippen LogP contribution in [0.4, 0.5) is 10.2 Å². The average Bonchev–Trinajstić information content (AvgIpc) is 3.51. The molecule has 11 heteroatoms. The lowest BCUT2D eigenvalue weighted by molar-refractivity contribution is -0.119. The topological polar surface area (TPSA) is 103 Å². The lowest BCUT2D eigenvalue weighted by Gasteiger charge is -2.11. The second-order valence-electron chi connectivity index (χ2n) is 7.88. The quantitative estimate of drug-likeness (QED) is 0.217. The van der Waals surface area contributed by atoms with Gasteiger partial charge in [0.05, 0.1) is 31.9 Å². The Bertz CT molecular complexity index is 1400. The maximum Gasteiger partial charge on any atom is 0.279 e. The summed E-state index contributed by atoms with van der Waals surface area (Å²) in [4.78, 5) is 12.3. The molecule has 2 aromatic carbocycles. The highest BCUT2D eigenvalue weighted by atomic mass is 32.2. The van der Waals surface area contributed by atoms with Gasteiger partial charge in [-0.1, -0.05) is 24.7 Å². The van der Waals surface area contributed by atoms with Crippen LogP contribution in [-0.4, -0.2) is 35.1 Å². The van der Waals surface area contributed by atoms with Crippen LogP contribution in [0.15, 0.2) is 64.5 Å². The van der Waals surface area contributed by atoms with Gasteiger partial charge in [0.25, 0.3) is 5.91 Å². The van der Waals surface area contributed by atoms with Crippen molar-refractivity contribution in [1.82, 2.24) is 20.3 Å². The largest absolute Gasteiger partial charge is 0.496 e. The Balaban J connectivity index is 1.50. The fourth-order valence-corrected chi connectivity index (χ4v) is 4.39. The van der Waals surface area contributed by atoms with Gasteiger partial charge in [-0.3, -0.25) is 9.48 Å². The van der Waals surface area contributed by atoms with Gasteiger partial charge in [0.2, 0.25) is 0 Å². The predicted octanol–water partition coefficient (Wildman–Crippen LogP) is 4.87. The molecule has 0 aliphatic heterocycles. The van der Waals surface area contributed by atoms with Crippen molar-refractivity contribution in [2.45, 2.75) is 31.3 Å². The van der Waals surface area contributed by atoms with Crippen molar-refractivity contribution in [1.29, 1.82) is 0 Å². The molecule has 0 atom stereocenters. The number of anilines is 1. The van der Waals surface area contributed by atoms with E-state index < -0.39 is 11.7 Å². The number of methoxy groups -OCH3 is 2. The number of halogens is 1. The molecule has 188 valence electrons. The van der Waals surface area contributed by atoms with Crippen molar-refractivity contribution < 1.29 is 23.2 Å². The minimum Gasteiger partial charge on any atom is -0.496 e. The molecule has 0 saturated heterocycles. The van der Waals surface area contributed by atoms with Crippen molar-refractivity contribution in [3.63, 3.8) is 0 Å². The molecule has 0 saturated carbocycles. The zero-order valence-electron chi connectivity index (χ0n) is 20.1. The summed E-state index contributed by atoms with van der Waals surface area (Å²) < 4.78 is 34.5. The maximum absolute atomic E-state index is 12.8. The van der Waals surface area contributed by atoms with Gasteiger partial charge in [-0.25, -0.2) is 4.39 Å². The highest BCUT2D eigenvalue weighted by Crippen LogP contribution is 2.37. The summed E-state index contributed by atoms with van der Waals surface area (Å²) in [5.41, 5.74) is 3.36. The first kappa shape index (κ1) is 25.1. The number of hydrogen-bond acceptors (Lipinski definition) is 8. The van der Waals surface area contributed by atoms with E-state index in [2.05, 4.69) is 39.9 Å². The number of fused-ring (bicyclic) bond motifs is 1. The number of aromatic nitrogens is 3. The SMILES string of the molecule is C=C(F)C(=O)NCc1cnn(Cc2cc(OC)c3c(NSc4cc(CC)ccc4OC)noc3c2)c1. The summed E-state index contributed by atoms with van der Waals surface area (Å²) in [5, 5.41) is 11.6. The van der Waals surface area contributed by atoms with Crippen LogP contribution in [0.1, 0.15) is 23.6 Å². The lowest BCUT2D eigenvalue weighted by Crippen LogP contribution is -2.22. The van der Waals surface area contributed by atoms with Crippen LogP contribution < -0.4 is 19.5 Å². The standard InChI is InChI=1S/C25H26FN5O4S/c1-5-16-6-7-19(33-3)22(10-16)36-30-24-23-20(34-4)8-17(9-21(23)35-29-24)13-31-14-18(12-28-31)11-27-25(32)15(2)26/h6-10,12,14H,2,5,11,13H2,1,3-4H3,(H,27,32)(H,29,30). The van der Waals surface area contributed by atoms with E-state index in [1.165, 1.54) is 17.5 Å². The van der Waals surface area contributed by atoms with Gasteiger partial charge in [0.15, 0.2) is 17.2 Å². The molecular weight excluding hydrogens is 485 g/mol. The molecule has 9 nitrogen and oxygen atoms in total. The Labute approximate surface area is 211 Å². The predicted molar refractivity (Wildman–Crippen MR) is 136 cm³/mol. The second kappa shape index (κ2) is 11.2. The number of carbonyl (C=O) groups is 1. The number of amides is 1. The Kier molecular flexibility index (Phi) is 7.79. The monoisotopic (exact) mass is 511 g/mol. The Hall–Kier alpha value is -3.99. The van der Waals surface area contributed by atoms with E-state index in [1.807, 2.05) is 24.3 Å². The van der Waals surface area contributed by atoms with Gasteiger partial charge in [0, 0.05) is 18.3 Å². The smallest absolute Gasteiger partial charge is 0.279 e. The van der Waals surface area contributed by atoms with Crippen molar-refractivity contribution in [3.05, 3.63) is 71.8 Å². The average molecular weight is 512 g/mol. The van der Waals surface area contributed by atoms with Gasteiger partial charge in [-0.15, -0.1) is 0 Å². The summed E-state index contributed by atoms with van der Waals surface area (Å²) >= 11 is 1.38. The zero-order valence-corrected chi connectivity index (χ0v) is 20.9. The molecule has 0 aliphatic rings. The summed E-state index contributed by atoms with van der Waals surface area (Å²) in [6.45, 7) is 5.65. The highest BCUT2D eigenvalue weighted by molar-refractivity contribution is 8.00. The number of ether oxygens (including phenoxy) is 2. The molecule has 1 amide bonds. The summed E-state index contributed by atoms with van der Waals surface area (Å²) in [6, 6.07) is 9.83. The summed E-state index contributed by atoms with van der Waals surface area (Å²) in [5.74, 6) is 0.0220. The third-order valence-electron chi connectivity index (χ3n) is 5.44. The molecule has 2 heterocycles. The number of nitrogens with zero attached hydrogens (tertiary/aromatic N) is 3. The minimum absolute atomic E-state index is 0.144. The first-order chi connectivity index (χ1) is 17.4. The van der Waals surface area contributed by atoms with Crippen molar-refractivity contribution in [2.75, 3.05) is 18.9 Å². The second-order valence-corrected chi connectivity index (χ2v) is 8.73. The highest BCUT2D eigenvalue weighted by Gasteiger charge is 2.17. The van der Waals surface area contributed by atoms with Crippen molar-refractivity contribution >= 4 is 34.6 Å². The van der Waals surface area contributed by atoms with E-state index in [4.69, 9.17) is 14.0 Å². The van der Waals surface area contributed by atoms with Gasteiger partial charge in [-0.05, 0) is 53.8 Å². The van der Waals surface area contributed by atoms with Crippen LogP contribution in [0, 0.1) is 0 Å². The molecule has 4 aromatic rings. The Morgan fingerprint density at radius 3 is 2.69 bits per heavy atom. The van der Waals surface area contributed by atoms with E-state index in [9.17, 15) is 9.18 Å². The molecule has 0 bridgehead atoms. The molecule has 0 spiro atoms. The molecule has 0 radical (unpaired) electrons. The number of hydrogen-bond donors (Lipinski definition) is 2. The molecule has 0 unspecified atom stereocenters. The van der Waals surface area contributed by atoms with E-state index >= 15 is 0 Å². The fraction of sp³-hybridized carbons (Fsp3) is 0.240. The third kappa shape index (κ3) is 5.62. The van der Waals surface area contributed by atoms with Gasteiger partial charge >= 0.3 is 0 Å². The normalized spacial score (nSPS) is 10.9. The third-order valence-corrected chi connectivity index (χ3v) is 6.28. The molecule has 2 aromatic heterocycles. The first-order valence-electron chi connectivity index (χ1n) is 11.1. The van der Waals surface area contributed by atoms with Crippen LogP contribution in [0.2, 0.25) is 0 Å². The van der Waals surface area contributed by atoms with Gasteiger partial charge in [0.1, 0.15) is 16.9 Å². The van der Waals surface area contributed by atoms with E-state index in [-0.39, 0.29) is 6.54 Å². The molecule has 2 N–H and O–H groups in total. The maximum atomic E-state index is 12.8. The van der Waals surface area contributed by atoms with E-state index in [1.54, 1.807) is 31.3 Å². The number of carbonyl (C=O) groups excluding carboxylic acids is 1. The zero-order chi connectivity index (χ0) is 25.7. The van der Waals surface area contributed by atoms with E-state index in [0.717, 1.165) is 33.6 Å². The van der Waals surface area contributed by atoms with Crippen LogP contribution >= 0.6 is 11.9 Å². The number of aryl methyl sites for hydroxylation is 1. The van der Waals surface area contributed by atoms with Crippen molar-refractivity contribution in [3.8, 4) is 11.5 Å². The molecule has 4 rings (SSSR count). The number of benzene rings is 2. The number of rotatable bonds is 11. The van der Waals surface area contributed by atoms with Gasteiger partial charge < -0.3 is 24.0 Å². The molecule has 0 fully saturated rings. The fourth-order valence-electron chi connectivity index (χ4n) is 3.59. The van der Waals surface area contributed by atoms with Crippen molar-refractivity contribution in [2.24, 2.45) is 0 Å². The van der Waals surface area contributed by atoms with Crippen LogP contribution in [0.25, 0.3) is 11.0 Å². The molecule has 0 aliphatic carbocycles. The van der Waals surface area contributed by atoms with E-state index in [0.29, 0.717) is 23.7 Å². The van der Waals surface area contributed by atoms with Crippen LogP contribution in [-0.2, 0) is 24.3 Å². The van der Waals surface area contributed by atoms with Crippen LogP contribution in [0.5, 0.6) is 11.5 Å². The lowest BCUT2D eigenvalue weighted by atomic mass is 10.1. The first-order valence-corrected chi connectivity index (χ1v) is 11.9.